The van der Waals surface area contributed by atoms with E-state index >= 15 is 0 Å². The lowest BCUT2D eigenvalue weighted by Gasteiger charge is -2.15. The third kappa shape index (κ3) is 6.71. The van der Waals surface area contributed by atoms with E-state index in [1.807, 2.05) is 44.2 Å². The first-order valence-electron chi connectivity index (χ1n) is 5.61. The molecule has 0 radical (unpaired) electrons. The van der Waals surface area contributed by atoms with Crippen molar-refractivity contribution in [1.29, 1.82) is 0 Å². The number of nitrogens with two attached hydrogens (primary N) is 1. The quantitative estimate of drug-likeness (QED) is 0.756. The highest BCUT2D eigenvalue weighted by Gasteiger charge is 2.20. The van der Waals surface area contributed by atoms with E-state index in [9.17, 15) is 4.79 Å². The van der Waals surface area contributed by atoms with Gasteiger partial charge in [0.2, 0.25) is 0 Å². The van der Waals surface area contributed by atoms with Crippen molar-refractivity contribution in [1.82, 2.24) is 0 Å². The summed E-state index contributed by atoms with van der Waals surface area (Å²) in [7, 11) is 1.00. The average Bonchev–Trinajstić information content (AvgIpc) is 2.42. The van der Waals surface area contributed by atoms with Gasteiger partial charge in [0.1, 0.15) is 0 Å². The lowest BCUT2D eigenvalue weighted by atomic mass is 9.96. The molecule has 0 saturated carbocycles. The summed E-state index contributed by atoms with van der Waals surface area (Å²) in [5, 5.41) is 15.7. The van der Waals surface area contributed by atoms with Gasteiger partial charge < -0.3 is 15.9 Å². The van der Waals surface area contributed by atoms with Gasteiger partial charge in [0.05, 0.1) is 5.92 Å². The largest absolute Gasteiger partial charge is 0.481 e. The Kier molecular flexibility index (Phi) is 11.8. The molecule has 2 unspecified atom stereocenters. The first-order valence-corrected chi connectivity index (χ1v) is 5.61. The predicted molar refractivity (Wildman–Crippen MR) is 69.7 cm³/mol. The van der Waals surface area contributed by atoms with Gasteiger partial charge in [-0.25, -0.2) is 0 Å². The minimum absolute atomic E-state index is 0.432. The molecule has 0 heterocycles. The molecular weight excluding hydrogens is 218 g/mol. The minimum Gasteiger partial charge on any atom is -0.481 e. The fourth-order valence-corrected chi connectivity index (χ4v) is 1.12. The van der Waals surface area contributed by atoms with E-state index in [1.54, 1.807) is 6.92 Å². The van der Waals surface area contributed by atoms with Crippen LogP contribution in [-0.2, 0) is 4.79 Å². The maximum absolute atomic E-state index is 10.6. The van der Waals surface area contributed by atoms with Gasteiger partial charge in [-0.15, -0.1) is 0 Å². The number of aliphatic carboxylic acids is 1. The fraction of sp³-hybridized carbons (Fsp3) is 0.462. The zero-order valence-electron chi connectivity index (χ0n) is 10.9. The molecule has 0 aliphatic heterocycles. The number of carboxylic acids is 1. The molecule has 0 fully saturated rings. The second kappa shape index (κ2) is 11.1. The third-order valence-corrected chi connectivity index (χ3v) is 2.11. The molecule has 0 amide bonds. The SMILES string of the molecule is CC.CC(C(=O)O)C(N)c1ccccc1.CO. The van der Waals surface area contributed by atoms with Crippen molar-refractivity contribution in [3.05, 3.63) is 35.9 Å². The normalized spacial score (nSPS) is 12.1. The van der Waals surface area contributed by atoms with Gasteiger partial charge in [0.15, 0.2) is 0 Å². The molecule has 1 aromatic rings. The summed E-state index contributed by atoms with van der Waals surface area (Å²) >= 11 is 0. The van der Waals surface area contributed by atoms with Crippen molar-refractivity contribution >= 4 is 5.97 Å². The number of carboxylic acid groups (broad SMARTS) is 1. The van der Waals surface area contributed by atoms with Crippen LogP contribution in [0.5, 0.6) is 0 Å². The zero-order chi connectivity index (χ0) is 13.8. The maximum atomic E-state index is 10.6. The van der Waals surface area contributed by atoms with Crippen molar-refractivity contribution < 1.29 is 15.0 Å². The lowest BCUT2D eigenvalue weighted by Crippen LogP contribution is -2.25. The van der Waals surface area contributed by atoms with E-state index in [0.717, 1.165) is 12.7 Å². The molecule has 2 atom stereocenters. The Hall–Kier alpha value is -1.39. The number of aliphatic hydroxyl groups excluding tert-OH is 1. The van der Waals surface area contributed by atoms with Gasteiger partial charge >= 0.3 is 5.97 Å². The molecule has 1 aromatic carbocycles. The van der Waals surface area contributed by atoms with Crippen LogP contribution in [-0.4, -0.2) is 23.3 Å². The summed E-state index contributed by atoms with van der Waals surface area (Å²) in [5.41, 5.74) is 6.62. The number of rotatable bonds is 3. The van der Waals surface area contributed by atoms with Crippen LogP contribution in [0.3, 0.4) is 0 Å². The molecule has 0 aliphatic rings. The van der Waals surface area contributed by atoms with Crippen LogP contribution in [0.1, 0.15) is 32.4 Å². The highest BCUT2D eigenvalue weighted by molar-refractivity contribution is 5.70. The topological polar surface area (TPSA) is 83.5 Å². The van der Waals surface area contributed by atoms with Crippen LogP contribution >= 0.6 is 0 Å². The molecule has 1 rings (SSSR count). The van der Waals surface area contributed by atoms with Gasteiger partial charge in [0, 0.05) is 13.2 Å². The number of hydrogen-bond acceptors (Lipinski definition) is 3. The van der Waals surface area contributed by atoms with E-state index in [4.69, 9.17) is 15.9 Å². The zero-order valence-corrected chi connectivity index (χ0v) is 10.9. The second-order valence-corrected chi connectivity index (χ2v) is 3.06. The number of aliphatic hydroxyl groups is 1. The van der Waals surface area contributed by atoms with E-state index in [1.165, 1.54) is 0 Å². The summed E-state index contributed by atoms with van der Waals surface area (Å²) in [6.45, 7) is 5.61. The number of carbonyl (C=O) groups is 1. The van der Waals surface area contributed by atoms with Crippen molar-refractivity contribution in [3.8, 4) is 0 Å². The molecule has 4 nitrogen and oxygen atoms in total. The van der Waals surface area contributed by atoms with E-state index in [-0.39, 0.29) is 0 Å². The highest BCUT2D eigenvalue weighted by atomic mass is 16.4. The molecule has 4 N–H and O–H groups in total. The van der Waals surface area contributed by atoms with Gasteiger partial charge in [0.25, 0.3) is 0 Å². The molecule has 0 saturated heterocycles. The van der Waals surface area contributed by atoms with Gasteiger partial charge in [-0.05, 0) is 5.56 Å². The van der Waals surface area contributed by atoms with E-state index in [0.29, 0.717) is 0 Å². The molecule has 0 spiro atoms. The molecule has 0 aliphatic carbocycles. The van der Waals surface area contributed by atoms with Crippen LogP contribution in [0.15, 0.2) is 30.3 Å². The summed E-state index contributed by atoms with van der Waals surface area (Å²) in [6, 6.07) is 8.82. The molecule has 98 valence electrons. The molecule has 0 aromatic heterocycles. The van der Waals surface area contributed by atoms with Gasteiger partial charge in [-0.3, -0.25) is 4.79 Å². The van der Waals surface area contributed by atoms with Crippen molar-refractivity contribution in [2.75, 3.05) is 7.11 Å². The van der Waals surface area contributed by atoms with E-state index < -0.39 is 17.9 Å². The fourth-order valence-electron chi connectivity index (χ4n) is 1.12. The third-order valence-electron chi connectivity index (χ3n) is 2.11. The summed E-state index contributed by atoms with van der Waals surface area (Å²) < 4.78 is 0. The predicted octanol–water partition coefficient (Wildman–Crippen LogP) is 2.04. The van der Waals surface area contributed by atoms with Crippen molar-refractivity contribution in [3.63, 3.8) is 0 Å². The Morgan fingerprint density at radius 2 is 1.59 bits per heavy atom. The van der Waals surface area contributed by atoms with Crippen LogP contribution in [0.4, 0.5) is 0 Å². The number of hydrogen-bond donors (Lipinski definition) is 3. The Balaban J connectivity index is 0. The van der Waals surface area contributed by atoms with Crippen LogP contribution < -0.4 is 5.73 Å². The van der Waals surface area contributed by atoms with Crippen molar-refractivity contribution in [2.45, 2.75) is 26.8 Å². The van der Waals surface area contributed by atoms with Crippen molar-refractivity contribution in [2.24, 2.45) is 11.7 Å². The molecule has 17 heavy (non-hydrogen) atoms. The maximum Gasteiger partial charge on any atom is 0.308 e. The summed E-state index contributed by atoms with van der Waals surface area (Å²) in [4.78, 5) is 10.6. The summed E-state index contributed by atoms with van der Waals surface area (Å²) in [6.07, 6.45) is 0. The Morgan fingerprint density at radius 1 is 1.18 bits per heavy atom. The highest BCUT2D eigenvalue weighted by Crippen LogP contribution is 2.18. The monoisotopic (exact) mass is 241 g/mol. The van der Waals surface area contributed by atoms with Gasteiger partial charge in [-0.1, -0.05) is 51.1 Å². The second-order valence-electron chi connectivity index (χ2n) is 3.06. The van der Waals surface area contributed by atoms with Crippen LogP contribution in [0.25, 0.3) is 0 Å². The van der Waals surface area contributed by atoms with Crippen LogP contribution in [0.2, 0.25) is 0 Å². The Bertz CT molecular complexity index is 288. The molecule has 4 heteroatoms. The standard InChI is InChI=1S/C10H13NO2.C2H6.CH4O/c1-7(10(12)13)9(11)8-5-3-2-4-6-8;2*1-2/h2-7,9H,11H2,1H3,(H,12,13);1-2H3;2H,1H3. The smallest absolute Gasteiger partial charge is 0.308 e. The minimum atomic E-state index is -0.864. The average molecular weight is 241 g/mol. The Morgan fingerprint density at radius 3 is 1.94 bits per heavy atom. The molecule has 0 bridgehead atoms. The lowest BCUT2D eigenvalue weighted by molar-refractivity contribution is -0.141. The van der Waals surface area contributed by atoms with Crippen LogP contribution in [0, 0.1) is 5.92 Å². The first kappa shape index (κ1) is 18.0. The van der Waals surface area contributed by atoms with E-state index in [2.05, 4.69) is 0 Å². The summed E-state index contributed by atoms with van der Waals surface area (Å²) in [5.74, 6) is -1.42. The first-order chi connectivity index (χ1) is 8.13. The number of benzene rings is 1. The van der Waals surface area contributed by atoms with Gasteiger partial charge in [-0.2, -0.15) is 0 Å². The Labute approximate surface area is 103 Å². The molecular formula is C13H23NO3.